The van der Waals surface area contributed by atoms with Crippen LogP contribution in [0.1, 0.15) is 12.1 Å². The zero-order valence-electron chi connectivity index (χ0n) is 10.5. The number of hydrogen-bond acceptors (Lipinski definition) is 4. The van der Waals surface area contributed by atoms with E-state index in [9.17, 15) is 0 Å². The Morgan fingerprint density at radius 2 is 2.11 bits per heavy atom. The molecule has 96 valence electrons. The molecule has 0 aromatic carbocycles. The number of aromatic nitrogens is 4. The van der Waals surface area contributed by atoms with Crippen molar-refractivity contribution in [3.63, 3.8) is 0 Å². The number of pyridine rings is 1. The second-order valence-corrected chi connectivity index (χ2v) is 4.36. The van der Waals surface area contributed by atoms with Crippen LogP contribution in [0.15, 0.2) is 43.0 Å². The van der Waals surface area contributed by atoms with Gasteiger partial charge in [0.25, 0.3) is 0 Å². The lowest BCUT2D eigenvalue weighted by atomic mass is 10.1. The molecule has 2 N–H and O–H groups in total. The summed E-state index contributed by atoms with van der Waals surface area (Å²) in [5.74, 6) is 0.706. The Labute approximate surface area is 111 Å². The van der Waals surface area contributed by atoms with Gasteiger partial charge in [0.15, 0.2) is 0 Å². The SMILES string of the molecule is NCCCc1cc(-c2cnc3ncccn23)ccn1. The third-order valence-corrected chi connectivity index (χ3v) is 3.04. The van der Waals surface area contributed by atoms with Gasteiger partial charge in [-0.05, 0) is 37.6 Å². The monoisotopic (exact) mass is 253 g/mol. The van der Waals surface area contributed by atoms with Crippen LogP contribution in [0.25, 0.3) is 17.0 Å². The summed E-state index contributed by atoms with van der Waals surface area (Å²) < 4.78 is 1.97. The van der Waals surface area contributed by atoms with Gasteiger partial charge < -0.3 is 5.73 Å². The predicted octanol–water partition coefficient (Wildman–Crippen LogP) is 1.68. The summed E-state index contributed by atoms with van der Waals surface area (Å²) in [4.78, 5) is 12.9. The maximum absolute atomic E-state index is 5.53. The Balaban J connectivity index is 2.01. The molecule has 0 amide bonds. The summed E-state index contributed by atoms with van der Waals surface area (Å²) in [6.07, 6.45) is 9.22. The molecule has 0 aliphatic carbocycles. The highest BCUT2D eigenvalue weighted by Crippen LogP contribution is 2.20. The third kappa shape index (κ3) is 2.32. The first kappa shape index (κ1) is 11.8. The molecule has 3 aromatic rings. The lowest BCUT2D eigenvalue weighted by Gasteiger charge is -2.04. The summed E-state index contributed by atoms with van der Waals surface area (Å²) in [6, 6.07) is 5.98. The second-order valence-electron chi connectivity index (χ2n) is 4.36. The number of rotatable bonds is 4. The van der Waals surface area contributed by atoms with E-state index in [-0.39, 0.29) is 0 Å². The lowest BCUT2D eigenvalue weighted by molar-refractivity contribution is 0.810. The van der Waals surface area contributed by atoms with Crippen molar-refractivity contribution in [3.8, 4) is 11.3 Å². The van der Waals surface area contributed by atoms with E-state index in [0.29, 0.717) is 12.3 Å². The van der Waals surface area contributed by atoms with E-state index in [2.05, 4.69) is 21.0 Å². The molecule has 0 saturated carbocycles. The van der Waals surface area contributed by atoms with Gasteiger partial charge >= 0.3 is 0 Å². The van der Waals surface area contributed by atoms with Gasteiger partial charge in [-0.2, -0.15) is 0 Å². The molecule has 0 saturated heterocycles. The van der Waals surface area contributed by atoms with Gasteiger partial charge in [0.2, 0.25) is 5.78 Å². The summed E-state index contributed by atoms with van der Waals surface area (Å²) in [6.45, 7) is 0.686. The maximum atomic E-state index is 5.53. The second kappa shape index (κ2) is 5.16. The fraction of sp³-hybridized carbons (Fsp3) is 0.214. The highest BCUT2D eigenvalue weighted by Gasteiger charge is 2.06. The van der Waals surface area contributed by atoms with Crippen molar-refractivity contribution >= 4 is 5.78 Å². The van der Waals surface area contributed by atoms with E-state index in [1.807, 2.05) is 35.1 Å². The minimum atomic E-state index is 0.686. The Bertz CT molecular complexity index is 689. The van der Waals surface area contributed by atoms with Crippen molar-refractivity contribution in [2.45, 2.75) is 12.8 Å². The van der Waals surface area contributed by atoms with Crippen LogP contribution >= 0.6 is 0 Å². The van der Waals surface area contributed by atoms with Crippen molar-refractivity contribution in [1.29, 1.82) is 0 Å². The predicted molar refractivity (Wildman–Crippen MR) is 73.6 cm³/mol. The van der Waals surface area contributed by atoms with Crippen LogP contribution in [0.2, 0.25) is 0 Å². The number of hydrogen-bond donors (Lipinski definition) is 1. The fourth-order valence-corrected chi connectivity index (χ4v) is 2.10. The van der Waals surface area contributed by atoms with Crippen molar-refractivity contribution in [2.24, 2.45) is 5.73 Å². The Morgan fingerprint density at radius 3 is 3.00 bits per heavy atom. The molecule has 0 aliphatic heterocycles. The molecule has 0 unspecified atom stereocenters. The van der Waals surface area contributed by atoms with Crippen LogP contribution in [-0.2, 0) is 6.42 Å². The molecule has 5 nitrogen and oxygen atoms in total. The van der Waals surface area contributed by atoms with Gasteiger partial charge in [0.1, 0.15) is 0 Å². The van der Waals surface area contributed by atoms with Gasteiger partial charge in [0.05, 0.1) is 11.9 Å². The number of nitrogens with two attached hydrogens (primary N) is 1. The van der Waals surface area contributed by atoms with Crippen LogP contribution in [0, 0.1) is 0 Å². The van der Waals surface area contributed by atoms with Crippen molar-refractivity contribution in [1.82, 2.24) is 19.4 Å². The first-order valence-corrected chi connectivity index (χ1v) is 6.32. The molecule has 3 heterocycles. The van der Waals surface area contributed by atoms with Gasteiger partial charge in [-0.25, -0.2) is 9.97 Å². The summed E-state index contributed by atoms with van der Waals surface area (Å²) >= 11 is 0. The maximum Gasteiger partial charge on any atom is 0.234 e. The zero-order chi connectivity index (χ0) is 13.1. The standard InChI is InChI=1S/C14H15N5/c15-5-1-3-12-9-11(4-7-16-12)13-10-18-14-17-6-2-8-19(13)14/h2,4,6-10H,1,3,5,15H2. The Hall–Kier alpha value is -2.27. The summed E-state index contributed by atoms with van der Waals surface area (Å²) in [5, 5.41) is 0. The molecule has 0 fully saturated rings. The number of aryl methyl sites for hydroxylation is 1. The van der Waals surface area contributed by atoms with E-state index in [0.717, 1.165) is 29.8 Å². The normalized spacial score (nSPS) is 11.0. The van der Waals surface area contributed by atoms with Crippen LogP contribution in [0.4, 0.5) is 0 Å². The highest BCUT2D eigenvalue weighted by molar-refractivity contribution is 5.62. The average molecular weight is 253 g/mol. The first-order chi connectivity index (χ1) is 9.38. The van der Waals surface area contributed by atoms with Crippen molar-refractivity contribution in [3.05, 3.63) is 48.7 Å². The van der Waals surface area contributed by atoms with Crippen LogP contribution in [0.5, 0.6) is 0 Å². The van der Waals surface area contributed by atoms with Gasteiger partial charge in [-0.15, -0.1) is 0 Å². The molecule has 0 radical (unpaired) electrons. The smallest absolute Gasteiger partial charge is 0.234 e. The lowest BCUT2D eigenvalue weighted by Crippen LogP contribution is -2.01. The van der Waals surface area contributed by atoms with Crippen LogP contribution in [0.3, 0.4) is 0 Å². The number of nitrogens with zero attached hydrogens (tertiary/aromatic N) is 4. The topological polar surface area (TPSA) is 69.1 Å². The van der Waals surface area contributed by atoms with Crippen molar-refractivity contribution in [2.75, 3.05) is 6.54 Å². The van der Waals surface area contributed by atoms with Gasteiger partial charge in [0, 0.05) is 29.8 Å². The van der Waals surface area contributed by atoms with Gasteiger partial charge in [-0.3, -0.25) is 9.38 Å². The fourth-order valence-electron chi connectivity index (χ4n) is 2.10. The molecular weight excluding hydrogens is 238 g/mol. The summed E-state index contributed by atoms with van der Waals surface area (Å²) in [7, 11) is 0. The molecule has 0 atom stereocenters. The quantitative estimate of drug-likeness (QED) is 0.768. The Kier molecular flexibility index (Phi) is 3.20. The van der Waals surface area contributed by atoms with E-state index < -0.39 is 0 Å². The third-order valence-electron chi connectivity index (χ3n) is 3.04. The molecule has 19 heavy (non-hydrogen) atoms. The molecule has 3 aromatic heterocycles. The average Bonchev–Trinajstić information content (AvgIpc) is 2.89. The molecular formula is C14H15N5. The minimum absolute atomic E-state index is 0.686. The molecule has 5 heteroatoms. The minimum Gasteiger partial charge on any atom is -0.330 e. The van der Waals surface area contributed by atoms with Gasteiger partial charge in [-0.1, -0.05) is 0 Å². The zero-order valence-corrected chi connectivity index (χ0v) is 10.5. The van der Waals surface area contributed by atoms with E-state index in [1.165, 1.54) is 0 Å². The number of fused-ring (bicyclic) bond motifs is 1. The summed E-state index contributed by atoms with van der Waals surface area (Å²) in [5.41, 5.74) is 8.72. The van der Waals surface area contributed by atoms with E-state index >= 15 is 0 Å². The highest BCUT2D eigenvalue weighted by atomic mass is 15.1. The largest absolute Gasteiger partial charge is 0.330 e. The van der Waals surface area contributed by atoms with E-state index in [4.69, 9.17) is 5.73 Å². The van der Waals surface area contributed by atoms with Crippen LogP contribution < -0.4 is 5.73 Å². The van der Waals surface area contributed by atoms with E-state index in [1.54, 1.807) is 6.20 Å². The van der Waals surface area contributed by atoms with Crippen LogP contribution in [-0.4, -0.2) is 25.9 Å². The first-order valence-electron chi connectivity index (χ1n) is 6.32. The molecule has 0 aliphatic rings. The Morgan fingerprint density at radius 1 is 1.16 bits per heavy atom. The number of imidazole rings is 1. The molecule has 0 bridgehead atoms. The van der Waals surface area contributed by atoms with Crippen molar-refractivity contribution < 1.29 is 0 Å². The molecule has 0 spiro atoms. The molecule has 3 rings (SSSR count).